The van der Waals surface area contributed by atoms with E-state index in [0.29, 0.717) is 11.4 Å². The molecule has 0 fully saturated rings. The molecule has 0 spiro atoms. The number of amides is 2. The summed E-state index contributed by atoms with van der Waals surface area (Å²) in [4.78, 5) is 15.0. The van der Waals surface area contributed by atoms with E-state index in [2.05, 4.69) is 15.6 Å². The molecule has 3 aromatic rings. The second-order valence-corrected chi connectivity index (χ2v) is 4.86. The third kappa shape index (κ3) is 2.83. The maximum atomic E-state index is 13.1. The summed E-state index contributed by atoms with van der Waals surface area (Å²) < 4.78 is 13.1. The number of fused-ring (bicyclic) bond motifs is 1. The first kappa shape index (κ1) is 13.5. The first-order valence-corrected chi connectivity index (χ1v) is 6.60. The molecule has 0 atom stereocenters. The normalized spacial score (nSPS) is 10.6. The minimum Gasteiger partial charge on any atom is -0.359 e. The fraction of sp³-hybridized carbons (Fsp3) is 0. The van der Waals surface area contributed by atoms with E-state index in [1.54, 1.807) is 6.20 Å². The van der Waals surface area contributed by atoms with Crippen molar-refractivity contribution in [2.45, 2.75) is 0 Å². The van der Waals surface area contributed by atoms with Crippen LogP contribution in [-0.4, -0.2) is 11.0 Å². The Morgan fingerprint density at radius 1 is 1.14 bits per heavy atom. The van der Waals surface area contributed by atoms with Gasteiger partial charge in [-0.3, -0.25) is 0 Å². The second kappa shape index (κ2) is 5.46. The van der Waals surface area contributed by atoms with Crippen molar-refractivity contribution in [3.05, 3.63) is 59.5 Å². The van der Waals surface area contributed by atoms with E-state index in [1.165, 1.54) is 18.2 Å². The predicted octanol–water partition coefficient (Wildman–Crippen LogP) is 4.60. The van der Waals surface area contributed by atoms with Crippen LogP contribution in [0.4, 0.5) is 20.6 Å². The number of anilines is 2. The number of carbonyl (C=O) groups is 1. The van der Waals surface area contributed by atoms with Crippen LogP contribution in [-0.2, 0) is 0 Å². The summed E-state index contributed by atoms with van der Waals surface area (Å²) in [5, 5.41) is 6.19. The van der Waals surface area contributed by atoms with Gasteiger partial charge in [-0.25, -0.2) is 9.18 Å². The number of urea groups is 1. The molecule has 0 saturated carbocycles. The Kier molecular flexibility index (Phi) is 3.50. The molecule has 0 aliphatic heterocycles. The zero-order valence-electron chi connectivity index (χ0n) is 10.8. The second-order valence-electron chi connectivity index (χ2n) is 4.46. The van der Waals surface area contributed by atoms with E-state index in [0.717, 1.165) is 10.9 Å². The van der Waals surface area contributed by atoms with Crippen LogP contribution in [0.5, 0.6) is 0 Å². The number of aromatic amines is 1. The summed E-state index contributed by atoms with van der Waals surface area (Å²) >= 11 is 5.67. The van der Waals surface area contributed by atoms with E-state index < -0.39 is 11.8 Å². The molecule has 3 N–H and O–H groups in total. The standard InChI is InChI=1S/C15H11ClFN3O/c16-11-7-9(5-6-12(11)17)19-15(21)20-14-8-18-13-4-2-1-3-10(13)14/h1-8,18H,(H2,19,20,21). The molecular weight excluding hydrogens is 293 g/mol. The average Bonchev–Trinajstić information content (AvgIpc) is 2.86. The van der Waals surface area contributed by atoms with Crippen molar-refractivity contribution in [3.63, 3.8) is 0 Å². The third-order valence-electron chi connectivity index (χ3n) is 3.01. The molecule has 2 aromatic carbocycles. The first-order chi connectivity index (χ1) is 10.1. The number of halogens is 2. The van der Waals surface area contributed by atoms with Crippen LogP contribution in [0.1, 0.15) is 0 Å². The number of hydrogen-bond donors (Lipinski definition) is 3. The maximum absolute atomic E-state index is 13.1. The summed E-state index contributed by atoms with van der Waals surface area (Å²) in [6.07, 6.45) is 1.71. The van der Waals surface area contributed by atoms with E-state index in [4.69, 9.17) is 11.6 Å². The van der Waals surface area contributed by atoms with Gasteiger partial charge in [0.1, 0.15) is 5.82 Å². The molecule has 1 heterocycles. The van der Waals surface area contributed by atoms with Gasteiger partial charge in [0.15, 0.2) is 0 Å². The van der Waals surface area contributed by atoms with Crippen LogP contribution in [0.2, 0.25) is 5.02 Å². The van der Waals surface area contributed by atoms with Crippen LogP contribution in [0, 0.1) is 5.82 Å². The van der Waals surface area contributed by atoms with Crippen LogP contribution < -0.4 is 10.6 Å². The van der Waals surface area contributed by atoms with Gasteiger partial charge >= 0.3 is 6.03 Å². The van der Waals surface area contributed by atoms with Crippen molar-refractivity contribution in [1.82, 2.24) is 4.98 Å². The molecule has 0 unspecified atom stereocenters. The van der Waals surface area contributed by atoms with Crippen molar-refractivity contribution in [1.29, 1.82) is 0 Å². The Hall–Kier alpha value is -2.53. The number of rotatable bonds is 2. The van der Waals surface area contributed by atoms with Crippen LogP contribution in [0.15, 0.2) is 48.7 Å². The number of benzene rings is 2. The van der Waals surface area contributed by atoms with Crippen molar-refractivity contribution >= 4 is 39.9 Å². The van der Waals surface area contributed by atoms with E-state index in [9.17, 15) is 9.18 Å². The highest BCUT2D eigenvalue weighted by molar-refractivity contribution is 6.31. The highest BCUT2D eigenvalue weighted by Crippen LogP contribution is 2.23. The van der Waals surface area contributed by atoms with Gasteiger partial charge in [-0.1, -0.05) is 29.8 Å². The number of aromatic nitrogens is 1. The summed E-state index contributed by atoms with van der Waals surface area (Å²) in [7, 11) is 0. The predicted molar refractivity (Wildman–Crippen MR) is 82.4 cm³/mol. The minimum atomic E-state index is -0.528. The number of para-hydroxylation sites is 1. The lowest BCUT2D eigenvalue weighted by Crippen LogP contribution is -2.19. The van der Waals surface area contributed by atoms with Crippen molar-refractivity contribution in [2.75, 3.05) is 10.6 Å². The fourth-order valence-corrected chi connectivity index (χ4v) is 2.21. The van der Waals surface area contributed by atoms with Crippen molar-refractivity contribution < 1.29 is 9.18 Å². The fourth-order valence-electron chi connectivity index (χ4n) is 2.03. The zero-order chi connectivity index (χ0) is 14.8. The molecule has 1 aromatic heterocycles. The Morgan fingerprint density at radius 3 is 2.76 bits per heavy atom. The van der Waals surface area contributed by atoms with E-state index in [1.807, 2.05) is 24.3 Å². The average molecular weight is 304 g/mol. The number of hydrogen-bond acceptors (Lipinski definition) is 1. The Labute approximate surface area is 124 Å². The van der Waals surface area contributed by atoms with Gasteiger partial charge < -0.3 is 15.6 Å². The molecule has 0 aliphatic rings. The third-order valence-corrected chi connectivity index (χ3v) is 3.30. The minimum absolute atomic E-state index is 0.0418. The quantitative estimate of drug-likeness (QED) is 0.636. The smallest absolute Gasteiger partial charge is 0.323 e. The molecule has 106 valence electrons. The van der Waals surface area contributed by atoms with Gasteiger partial charge in [0, 0.05) is 22.8 Å². The Bertz CT molecular complexity index is 816. The summed E-state index contributed by atoms with van der Waals surface area (Å²) in [6.45, 7) is 0. The van der Waals surface area contributed by atoms with Gasteiger partial charge in [-0.15, -0.1) is 0 Å². The molecule has 2 amide bonds. The van der Waals surface area contributed by atoms with E-state index in [-0.39, 0.29) is 5.02 Å². The highest BCUT2D eigenvalue weighted by atomic mass is 35.5. The SMILES string of the molecule is O=C(Nc1ccc(F)c(Cl)c1)Nc1c[nH]c2ccccc12. The summed E-state index contributed by atoms with van der Waals surface area (Å²) in [6, 6.07) is 11.2. The Morgan fingerprint density at radius 2 is 1.95 bits per heavy atom. The van der Waals surface area contributed by atoms with Crippen molar-refractivity contribution in [3.8, 4) is 0 Å². The van der Waals surface area contributed by atoms with E-state index >= 15 is 0 Å². The monoisotopic (exact) mass is 303 g/mol. The van der Waals surface area contributed by atoms with Crippen LogP contribution in [0.3, 0.4) is 0 Å². The van der Waals surface area contributed by atoms with Crippen LogP contribution in [0.25, 0.3) is 10.9 Å². The van der Waals surface area contributed by atoms with Gasteiger partial charge in [0.25, 0.3) is 0 Å². The largest absolute Gasteiger partial charge is 0.359 e. The lowest BCUT2D eigenvalue weighted by molar-refractivity contribution is 0.262. The highest BCUT2D eigenvalue weighted by Gasteiger charge is 2.08. The topological polar surface area (TPSA) is 56.9 Å². The van der Waals surface area contributed by atoms with Crippen molar-refractivity contribution in [2.24, 2.45) is 0 Å². The molecule has 0 aliphatic carbocycles. The summed E-state index contributed by atoms with van der Waals surface area (Å²) in [5.74, 6) is -0.528. The Balaban J connectivity index is 1.75. The zero-order valence-corrected chi connectivity index (χ0v) is 11.5. The molecule has 0 saturated heterocycles. The van der Waals surface area contributed by atoms with Gasteiger partial charge in [0.2, 0.25) is 0 Å². The number of H-pyrrole nitrogens is 1. The number of carbonyl (C=O) groups excluding carboxylic acids is 1. The molecule has 21 heavy (non-hydrogen) atoms. The lowest BCUT2D eigenvalue weighted by Gasteiger charge is -2.07. The lowest BCUT2D eigenvalue weighted by atomic mass is 10.2. The molecule has 0 radical (unpaired) electrons. The summed E-state index contributed by atoms with van der Waals surface area (Å²) in [5.41, 5.74) is 2.01. The maximum Gasteiger partial charge on any atom is 0.323 e. The molecular formula is C15H11ClFN3O. The number of nitrogens with one attached hydrogen (secondary N) is 3. The van der Waals surface area contributed by atoms with Gasteiger partial charge in [-0.05, 0) is 24.3 Å². The molecule has 6 heteroatoms. The molecule has 3 rings (SSSR count). The first-order valence-electron chi connectivity index (χ1n) is 6.22. The molecule has 0 bridgehead atoms. The van der Waals surface area contributed by atoms with Gasteiger partial charge in [-0.2, -0.15) is 0 Å². The van der Waals surface area contributed by atoms with Crippen LogP contribution >= 0.6 is 11.6 Å². The molecule has 4 nitrogen and oxygen atoms in total. The van der Waals surface area contributed by atoms with Gasteiger partial charge in [0.05, 0.1) is 10.7 Å².